The molecule has 1 unspecified atom stereocenters. The van der Waals surface area contributed by atoms with Crippen LogP contribution in [0.1, 0.15) is 25.0 Å². The van der Waals surface area contributed by atoms with Crippen molar-refractivity contribution in [3.05, 3.63) is 71.8 Å². The van der Waals surface area contributed by atoms with Crippen LogP contribution in [0.25, 0.3) is 0 Å². The quantitative estimate of drug-likeness (QED) is 0.808. The van der Waals surface area contributed by atoms with Gasteiger partial charge in [-0.2, -0.15) is 0 Å². The van der Waals surface area contributed by atoms with E-state index < -0.39 is 0 Å². The minimum atomic E-state index is -0.121. The van der Waals surface area contributed by atoms with E-state index in [9.17, 15) is 4.79 Å². The molecule has 1 amide bonds. The van der Waals surface area contributed by atoms with Crippen molar-refractivity contribution in [2.75, 3.05) is 13.1 Å². The van der Waals surface area contributed by atoms with Crippen molar-refractivity contribution >= 4 is 5.91 Å². The summed E-state index contributed by atoms with van der Waals surface area (Å²) in [5.74, 6) is 0.286. The van der Waals surface area contributed by atoms with E-state index in [1.165, 1.54) is 5.56 Å². The first-order valence-corrected chi connectivity index (χ1v) is 8.68. The second-order valence-corrected chi connectivity index (χ2v) is 6.57. The fourth-order valence-corrected chi connectivity index (χ4v) is 2.87. The van der Waals surface area contributed by atoms with E-state index >= 15 is 0 Å². The Morgan fingerprint density at radius 1 is 0.958 bits per heavy atom. The summed E-state index contributed by atoms with van der Waals surface area (Å²) in [4.78, 5) is 14.9. The summed E-state index contributed by atoms with van der Waals surface area (Å²) < 4.78 is 0. The van der Waals surface area contributed by atoms with Gasteiger partial charge in [-0.05, 0) is 23.5 Å². The number of amides is 1. The SMILES string of the molecule is CC(C)C(CN)C(=O)N(CCc1ccccc1)Cc1ccccc1. The standard InChI is InChI=1S/C21H28N2O/c1-17(2)20(15-22)21(24)23(16-19-11-7-4-8-12-19)14-13-18-9-5-3-6-10-18/h3-12,17,20H,13-16,22H2,1-2H3. The number of carbonyl (C=O) groups excluding carboxylic acids is 1. The lowest BCUT2D eigenvalue weighted by Gasteiger charge is -2.29. The Balaban J connectivity index is 2.12. The Kier molecular flexibility index (Phi) is 7.01. The van der Waals surface area contributed by atoms with E-state index in [0.717, 1.165) is 12.0 Å². The number of carbonyl (C=O) groups is 1. The predicted octanol–water partition coefficient (Wildman–Crippen LogP) is 3.49. The molecule has 2 rings (SSSR count). The molecule has 0 radical (unpaired) electrons. The summed E-state index contributed by atoms with van der Waals surface area (Å²) in [6.07, 6.45) is 0.856. The van der Waals surface area contributed by atoms with Gasteiger partial charge in [0.05, 0.1) is 5.92 Å². The highest BCUT2D eigenvalue weighted by atomic mass is 16.2. The Morgan fingerprint density at radius 2 is 1.50 bits per heavy atom. The average Bonchev–Trinajstić information content (AvgIpc) is 2.60. The fourth-order valence-electron chi connectivity index (χ4n) is 2.87. The van der Waals surface area contributed by atoms with Crippen LogP contribution >= 0.6 is 0 Å². The Bertz CT molecular complexity index is 610. The van der Waals surface area contributed by atoms with E-state index in [1.807, 2.05) is 41.3 Å². The van der Waals surface area contributed by atoms with Gasteiger partial charge >= 0.3 is 0 Å². The number of rotatable bonds is 8. The molecule has 0 aromatic heterocycles. The number of nitrogens with zero attached hydrogens (tertiary/aromatic N) is 1. The zero-order valence-corrected chi connectivity index (χ0v) is 14.7. The van der Waals surface area contributed by atoms with Gasteiger partial charge in [-0.3, -0.25) is 4.79 Å². The van der Waals surface area contributed by atoms with Crippen molar-refractivity contribution < 1.29 is 4.79 Å². The van der Waals surface area contributed by atoms with Crippen molar-refractivity contribution in [1.82, 2.24) is 4.90 Å². The summed E-state index contributed by atoms with van der Waals surface area (Å²) in [6, 6.07) is 20.4. The highest BCUT2D eigenvalue weighted by molar-refractivity contribution is 5.79. The molecule has 1 atom stereocenters. The van der Waals surface area contributed by atoms with E-state index in [2.05, 4.69) is 38.1 Å². The van der Waals surface area contributed by atoms with E-state index in [-0.39, 0.29) is 17.7 Å². The van der Waals surface area contributed by atoms with Crippen molar-refractivity contribution in [3.63, 3.8) is 0 Å². The Hall–Kier alpha value is -2.13. The fraction of sp³-hybridized carbons (Fsp3) is 0.381. The molecule has 2 N–H and O–H groups in total. The number of nitrogens with two attached hydrogens (primary N) is 1. The number of benzene rings is 2. The third kappa shape index (κ3) is 5.20. The van der Waals surface area contributed by atoms with Gasteiger partial charge in [-0.15, -0.1) is 0 Å². The molecule has 0 aliphatic rings. The molecular formula is C21H28N2O. The van der Waals surface area contributed by atoms with Crippen molar-refractivity contribution in [1.29, 1.82) is 0 Å². The lowest BCUT2D eigenvalue weighted by Crippen LogP contribution is -2.42. The van der Waals surface area contributed by atoms with Crippen molar-refractivity contribution in [3.8, 4) is 0 Å². The topological polar surface area (TPSA) is 46.3 Å². The minimum Gasteiger partial charge on any atom is -0.338 e. The molecule has 3 nitrogen and oxygen atoms in total. The van der Waals surface area contributed by atoms with Crippen LogP contribution in [0.3, 0.4) is 0 Å². The normalized spacial score (nSPS) is 12.2. The van der Waals surface area contributed by atoms with Crippen LogP contribution in [0.15, 0.2) is 60.7 Å². The van der Waals surface area contributed by atoms with Gasteiger partial charge in [0.1, 0.15) is 0 Å². The zero-order chi connectivity index (χ0) is 17.4. The molecular weight excluding hydrogens is 296 g/mol. The highest BCUT2D eigenvalue weighted by Gasteiger charge is 2.25. The van der Waals surface area contributed by atoms with Crippen LogP contribution in [0, 0.1) is 11.8 Å². The summed E-state index contributed by atoms with van der Waals surface area (Å²) >= 11 is 0. The lowest BCUT2D eigenvalue weighted by molar-refractivity contribution is -0.137. The average molecular weight is 324 g/mol. The van der Waals surface area contributed by atoms with Gasteiger partial charge in [-0.25, -0.2) is 0 Å². The summed E-state index contributed by atoms with van der Waals surface area (Å²) in [6.45, 7) is 5.87. The van der Waals surface area contributed by atoms with Crippen LogP contribution in [-0.4, -0.2) is 23.9 Å². The van der Waals surface area contributed by atoms with Crippen molar-refractivity contribution in [2.45, 2.75) is 26.8 Å². The first kappa shape index (κ1) is 18.2. The second kappa shape index (κ2) is 9.24. The maximum Gasteiger partial charge on any atom is 0.227 e. The maximum atomic E-state index is 13.0. The molecule has 0 saturated heterocycles. The minimum absolute atomic E-state index is 0.121. The molecule has 24 heavy (non-hydrogen) atoms. The van der Waals surface area contributed by atoms with Gasteiger partial charge in [0, 0.05) is 19.6 Å². The predicted molar refractivity (Wildman–Crippen MR) is 99.4 cm³/mol. The number of hydrogen-bond acceptors (Lipinski definition) is 2. The maximum absolute atomic E-state index is 13.0. The molecule has 0 saturated carbocycles. The molecule has 0 aliphatic carbocycles. The summed E-state index contributed by atoms with van der Waals surface area (Å²) in [7, 11) is 0. The van der Waals surface area contributed by atoms with E-state index in [4.69, 9.17) is 5.73 Å². The molecule has 0 aliphatic heterocycles. The van der Waals surface area contributed by atoms with Gasteiger partial charge in [0.25, 0.3) is 0 Å². The van der Waals surface area contributed by atoms with Crippen LogP contribution in [-0.2, 0) is 17.8 Å². The zero-order valence-electron chi connectivity index (χ0n) is 14.7. The first-order valence-electron chi connectivity index (χ1n) is 8.68. The summed E-state index contributed by atoms with van der Waals surface area (Å²) in [5, 5.41) is 0. The molecule has 128 valence electrons. The van der Waals surface area contributed by atoms with Gasteiger partial charge in [0.2, 0.25) is 5.91 Å². The van der Waals surface area contributed by atoms with Crippen molar-refractivity contribution in [2.24, 2.45) is 17.6 Å². The van der Waals surface area contributed by atoms with Gasteiger partial charge in [0.15, 0.2) is 0 Å². The third-order valence-electron chi connectivity index (χ3n) is 4.42. The van der Waals surface area contributed by atoms with Gasteiger partial charge < -0.3 is 10.6 Å². The molecule has 0 bridgehead atoms. The van der Waals surface area contributed by atoms with E-state index in [1.54, 1.807) is 0 Å². The monoisotopic (exact) mass is 324 g/mol. The van der Waals surface area contributed by atoms with Crippen LogP contribution in [0.5, 0.6) is 0 Å². The Labute approximate surface area is 145 Å². The smallest absolute Gasteiger partial charge is 0.227 e. The Morgan fingerprint density at radius 3 is 2.00 bits per heavy atom. The van der Waals surface area contributed by atoms with Crippen LogP contribution < -0.4 is 5.73 Å². The molecule has 3 heteroatoms. The molecule has 2 aromatic carbocycles. The van der Waals surface area contributed by atoms with Crippen LogP contribution in [0.4, 0.5) is 0 Å². The highest BCUT2D eigenvalue weighted by Crippen LogP contribution is 2.16. The van der Waals surface area contributed by atoms with Crippen LogP contribution in [0.2, 0.25) is 0 Å². The molecule has 2 aromatic rings. The largest absolute Gasteiger partial charge is 0.338 e. The molecule has 0 fully saturated rings. The van der Waals surface area contributed by atoms with Gasteiger partial charge in [-0.1, -0.05) is 74.5 Å². The molecule has 0 heterocycles. The van der Waals surface area contributed by atoms with E-state index in [0.29, 0.717) is 19.6 Å². The molecule has 0 spiro atoms. The first-order chi connectivity index (χ1) is 11.6. The second-order valence-electron chi connectivity index (χ2n) is 6.57. The third-order valence-corrected chi connectivity index (χ3v) is 4.42. The lowest BCUT2D eigenvalue weighted by atomic mass is 9.94. The number of hydrogen-bond donors (Lipinski definition) is 1. The summed E-state index contributed by atoms with van der Waals surface area (Å²) in [5.41, 5.74) is 8.26.